The highest BCUT2D eigenvalue weighted by atomic mass is 16.1. The molecule has 94 valence electrons. The summed E-state index contributed by atoms with van der Waals surface area (Å²) in [7, 11) is 0. The van der Waals surface area contributed by atoms with Crippen LogP contribution in [0.2, 0.25) is 0 Å². The second-order valence-corrected chi connectivity index (χ2v) is 4.74. The van der Waals surface area contributed by atoms with Crippen molar-refractivity contribution < 1.29 is 4.79 Å². The molecule has 1 rings (SSSR count). The van der Waals surface area contributed by atoms with E-state index in [-0.39, 0.29) is 11.7 Å². The molecule has 0 fully saturated rings. The topological polar surface area (TPSA) is 56.0 Å². The minimum atomic E-state index is -0.0531. The monoisotopic (exact) mass is 234 g/mol. The summed E-state index contributed by atoms with van der Waals surface area (Å²) in [5.74, 6) is 0.435. The van der Waals surface area contributed by atoms with Crippen LogP contribution in [0.3, 0.4) is 0 Å². The van der Waals surface area contributed by atoms with E-state index in [0.717, 1.165) is 12.1 Å². The number of carbonyl (C=O) groups excluding carboxylic acids is 1. The number of nitrogens with zero attached hydrogens (tertiary/aromatic N) is 1. The Morgan fingerprint density at radius 3 is 2.53 bits per heavy atom. The second-order valence-electron chi connectivity index (χ2n) is 4.74. The Morgan fingerprint density at radius 2 is 2.12 bits per heavy atom. The van der Waals surface area contributed by atoms with E-state index in [4.69, 9.17) is 5.73 Å². The first-order valence-corrected chi connectivity index (χ1v) is 6.25. The smallest absolute Gasteiger partial charge is 0.143 e. The lowest BCUT2D eigenvalue weighted by molar-refractivity contribution is -0.123. The third-order valence-corrected chi connectivity index (χ3v) is 3.12. The van der Waals surface area contributed by atoms with Crippen molar-refractivity contribution in [3.8, 4) is 0 Å². The molecule has 3 nitrogen and oxygen atoms in total. The van der Waals surface area contributed by atoms with E-state index in [9.17, 15) is 4.79 Å². The molecule has 0 saturated heterocycles. The number of nitrogens with two attached hydrogens (primary N) is 1. The van der Waals surface area contributed by atoms with Gasteiger partial charge in [-0.2, -0.15) is 0 Å². The van der Waals surface area contributed by atoms with Crippen molar-refractivity contribution in [1.29, 1.82) is 0 Å². The number of rotatable bonds is 6. The number of aryl methyl sites for hydroxylation is 1. The Kier molecular flexibility index (Phi) is 5.29. The molecule has 1 aromatic heterocycles. The van der Waals surface area contributed by atoms with E-state index in [1.54, 1.807) is 0 Å². The standard InChI is InChI=1S/C14H22N2O/c1-4-11-5-6-12(16-9-11)7-14(17)13(8-15)10(2)3/h5-6,9-10,13H,4,7-8,15H2,1-3H3. The third-order valence-electron chi connectivity index (χ3n) is 3.12. The van der Waals surface area contributed by atoms with Gasteiger partial charge in [0.15, 0.2) is 0 Å². The van der Waals surface area contributed by atoms with E-state index in [1.165, 1.54) is 5.56 Å². The zero-order chi connectivity index (χ0) is 12.8. The Labute approximate surface area is 103 Å². The maximum atomic E-state index is 12.0. The van der Waals surface area contributed by atoms with Crippen LogP contribution in [0.5, 0.6) is 0 Å². The van der Waals surface area contributed by atoms with Gasteiger partial charge >= 0.3 is 0 Å². The molecule has 3 heteroatoms. The average molecular weight is 234 g/mol. The zero-order valence-electron chi connectivity index (χ0n) is 10.9. The molecule has 1 atom stereocenters. The van der Waals surface area contributed by atoms with Crippen molar-refractivity contribution in [3.05, 3.63) is 29.6 Å². The molecular formula is C14H22N2O. The molecule has 1 aromatic rings. The predicted octanol–water partition coefficient (Wildman–Crippen LogP) is 1.99. The van der Waals surface area contributed by atoms with Crippen LogP contribution >= 0.6 is 0 Å². The second kappa shape index (κ2) is 6.50. The van der Waals surface area contributed by atoms with E-state index in [1.807, 2.05) is 32.2 Å². The lowest BCUT2D eigenvalue weighted by Gasteiger charge is -2.17. The fourth-order valence-electron chi connectivity index (χ4n) is 1.85. The highest BCUT2D eigenvalue weighted by Crippen LogP contribution is 2.13. The van der Waals surface area contributed by atoms with Crippen LogP contribution < -0.4 is 5.73 Å². The van der Waals surface area contributed by atoms with Crippen molar-refractivity contribution in [2.45, 2.75) is 33.6 Å². The summed E-state index contributed by atoms with van der Waals surface area (Å²) >= 11 is 0. The highest BCUT2D eigenvalue weighted by Gasteiger charge is 2.20. The van der Waals surface area contributed by atoms with E-state index in [0.29, 0.717) is 18.9 Å². The maximum absolute atomic E-state index is 12.0. The van der Waals surface area contributed by atoms with Crippen LogP contribution in [-0.4, -0.2) is 17.3 Å². The molecule has 0 saturated carbocycles. The quantitative estimate of drug-likeness (QED) is 0.819. The van der Waals surface area contributed by atoms with E-state index in [2.05, 4.69) is 11.9 Å². The molecule has 1 unspecified atom stereocenters. The number of carbonyl (C=O) groups is 1. The molecular weight excluding hydrogens is 212 g/mol. The van der Waals surface area contributed by atoms with Gasteiger partial charge in [-0.05, 0) is 24.0 Å². The van der Waals surface area contributed by atoms with Gasteiger partial charge in [0.05, 0.1) is 0 Å². The van der Waals surface area contributed by atoms with Crippen LogP contribution in [0.4, 0.5) is 0 Å². The Hall–Kier alpha value is -1.22. The summed E-state index contributed by atoms with van der Waals surface area (Å²) in [6.07, 6.45) is 3.21. The number of ketones is 1. The summed E-state index contributed by atoms with van der Waals surface area (Å²) in [6, 6.07) is 3.97. The molecule has 0 aliphatic heterocycles. The van der Waals surface area contributed by atoms with Gasteiger partial charge in [0.2, 0.25) is 0 Å². The summed E-state index contributed by atoms with van der Waals surface area (Å²) in [5.41, 5.74) is 7.67. The van der Waals surface area contributed by atoms with Crippen LogP contribution in [0, 0.1) is 11.8 Å². The molecule has 0 aromatic carbocycles. The van der Waals surface area contributed by atoms with E-state index >= 15 is 0 Å². The van der Waals surface area contributed by atoms with Gasteiger partial charge < -0.3 is 5.73 Å². The first kappa shape index (κ1) is 13.8. The first-order valence-electron chi connectivity index (χ1n) is 6.25. The van der Waals surface area contributed by atoms with Crippen molar-refractivity contribution >= 4 is 5.78 Å². The average Bonchev–Trinajstić information content (AvgIpc) is 2.30. The van der Waals surface area contributed by atoms with Crippen molar-refractivity contribution in [3.63, 3.8) is 0 Å². The minimum Gasteiger partial charge on any atom is -0.330 e. The van der Waals surface area contributed by atoms with Crippen molar-refractivity contribution in [1.82, 2.24) is 4.98 Å². The molecule has 0 spiro atoms. The predicted molar refractivity (Wildman–Crippen MR) is 69.7 cm³/mol. The van der Waals surface area contributed by atoms with Crippen LogP contribution in [0.25, 0.3) is 0 Å². The maximum Gasteiger partial charge on any atom is 0.143 e. The Morgan fingerprint density at radius 1 is 1.41 bits per heavy atom. The summed E-state index contributed by atoms with van der Waals surface area (Å²) < 4.78 is 0. The first-order chi connectivity index (χ1) is 8.08. The normalized spacial score (nSPS) is 12.8. The number of aromatic nitrogens is 1. The van der Waals surface area contributed by atoms with Gasteiger partial charge in [-0.25, -0.2) is 0 Å². The van der Waals surface area contributed by atoms with Crippen LogP contribution in [0.15, 0.2) is 18.3 Å². The largest absolute Gasteiger partial charge is 0.330 e. The van der Waals surface area contributed by atoms with Gasteiger partial charge in [0.25, 0.3) is 0 Å². The fourth-order valence-corrected chi connectivity index (χ4v) is 1.85. The highest BCUT2D eigenvalue weighted by molar-refractivity contribution is 5.83. The molecule has 2 N–H and O–H groups in total. The summed E-state index contributed by atoms with van der Waals surface area (Å²) in [5, 5.41) is 0. The SMILES string of the molecule is CCc1ccc(CC(=O)C(CN)C(C)C)nc1. The van der Waals surface area contributed by atoms with Crippen molar-refractivity contribution in [2.24, 2.45) is 17.6 Å². The minimum absolute atomic E-state index is 0.0531. The molecule has 0 bridgehead atoms. The molecule has 17 heavy (non-hydrogen) atoms. The van der Waals surface area contributed by atoms with Gasteiger partial charge in [-0.3, -0.25) is 9.78 Å². The zero-order valence-corrected chi connectivity index (χ0v) is 10.9. The fraction of sp³-hybridized carbons (Fsp3) is 0.571. The molecule has 0 radical (unpaired) electrons. The van der Waals surface area contributed by atoms with Crippen LogP contribution in [0.1, 0.15) is 32.0 Å². The van der Waals surface area contributed by atoms with Gasteiger partial charge in [0.1, 0.15) is 5.78 Å². The third kappa shape index (κ3) is 3.93. The van der Waals surface area contributed by atoms with E-state index < -0.39 is 0 Å². The number of hydrogen-bond donors (Lipinski definition) is 1. The Bertz CT molecular complexity index is 357. The summed E-state index contributed by atoms with van der Waals surface area (Å²) in [6.45, 7) is 6.57. The molecule has 0 amide bonds. The summed E-state index contributed by atoms with van der Waals surface area (Å²) in [4.78, 5) is 16.3. The molecule has 1 heterocycles. The number of pyridine rings is 1. The van der Waals surface area contributed by atoms with Crippen molar-refractivity contribution in [2.75, 3.05) is 6.54 Å². The lowest BCUT2D eigenvalue weighted by Crippen LogP contribution is -2.29. The molecule has 0 aliphatic rings. The number of hydrogen-bond acceptors (Lipinski definition) is 3. The molecule has 0 aliphatic carbocycles. The van der Waals surface area contributed by atoms with Gasteiger partial charge in [-0.1, -0.05) is 26.8 Å². The van der Waals surface area contributed by atoms with Gasteiger partial charge in [0, 0.05) is 30.8 Å². The Balaban J connectivity index is 2.66. The van der Waals surface area contributed by atoms with Gasteiger partial charge in [-0.15, -0.1) is 0 Å². The van der Waals surface area contributed by atoms with Crippen LogP contribution in [-0.2, 0) is 17.6 Å². The lowest BCUT2D eigenvalue weighted by atomic mass is 9.89. The number of Topliss-reactive ketones (excluding diaryl/α,β-unsaturated/α-hetero) is 1.